The topological polar surface area (TPSA) is 39.1 Å². The standard InChI is InChI=1S/C14H27N3O/c1-11(2)17-9-8-14(16-17)10-13(15-4)7-6-12(3)18-5/h8-9,11-13,15H,6-7,10H2,1-5H3. The van der Waals surface area contributed by atoms with Gasteiger partial charge in [0, 0.05) is 31.8 Å². The first-order valence-corrected chi connectivity index (χ1v) is 6.80. The quantitative estimate of drug-likeness (QED) is 0.773. The number of hydrogen-bond acceptors (Lipinski definition) is 3. The number of rotatable bonds is 8. The molecule has 0 amide bonds. The Morgan fingerprint density at radius 1 is 1.33 bits per heavy atom. The molecule has 2 unspecified atom stereocenters. The molecular formula is C14H27N3O. The highest BCUT2D eigenvalue weighted by Crippen LogP contribution is 2.10. The Bertz CT molecular complexity index is 336. The first-order chi connectivity index (χ1) is 8.56. The summed E-state index contributed by atoms with van der Waals surface area (Å²) in [7, 11) is 3.78. The van der Waals surface area contributed by atoms with Crippen LogP contribution < -0.4 is 5.32 Å². The predicted molar refractivity (Wildman–Crippen MR) is 74.9 cm³/mol. The Labute approximate surface area is 111 Å². The highest BCUT2D eigenvalue weighted by Gasteiger charge is 2.12. The molecule has 0 bridgehead atoms. The predicted octanol–water partition coefficient (Wildman–Crippen LogP) is 2.41. The largest absolute Gasteiger partial charge is 0.382 e. The zero-order valence-electron chi connectivity index (χ0n) is 12.3. The summed E-state index contributed by atoms with van der Waals surface area (Å²) in [6.07, 6.45) is 5.55. The summed E-state index contributed by atoms with van der Waals surface area (Å²) in [4.78, 5) is 0. The Kier molecular flexibility index (Phi) is 6.36. The van der Waals surface area contributed by atoms with Gasteiger partial charge in [-0.1, -0.05) is 0 Å². The van der Waals surface area contributed by atoms with E-state index in [-0.39, 0.29) is 0 Å². The maximum Gasteiger partial charge on any atom is 0.0640 e. The van der Waals surface area contributed by atoms with Gasteiger partial charge in [0.25, 0.3) is 0 Å². The summed E-state index contributed by atoms with van der Waals surface area (Å²) in [6, 6.07) is 3.02. The Hall–Kier alpha value is -0.870. The van der Waals surface area contributed by atoms with Gasteiger partial charge in [-0.15, -0.1) is 0 Å². The number of nitrogens with zero attached hydrogens (tertiary/aromatic N) is 2. The van der Waals surface area contributed by atoms with Crippen LogP contribution in [-0.2, 0) is 11.2 Å². The smallest absolute Gasteiger partial charge is 0.0640 e. The SMILES string of the molecule is CNC(CCC(C)OC)Cc1ccn(C(C)C)n1. The van der Waals surface area contributed by atoms with Crippen molar-refractivity contribution < 1.29 is 4.74 Å². The maximum absolute atomic E-state index is 5.28. The summed E-state index contributed by atoms with van der Waals surface area (Å²) in [5.74, 6) is 0. The molecule has 104 valence electrons. The van der Waals surface area contributed by atoms with E-state index in [9.17, 15) is 0 Å². The molecule has 0 saturated carbocycles. The number of ether oxygens (including phenoxy) is 1. The second-order valence-electron chi connectivity index (χ2n) is 5.19. The van der Waals surface area contributed by atoms with Crippen molar-refractivity contribution in [1.82, 2.24) is 15.1 Å². The number of nitrogens with one attached hydrogen (secondary N) is 1. The molecule has 0 radical (unpaired) electrons. The molecule has 0 aliphatic heterocycles. The van der Waals surface area contributed by atoms with Crippen molar-refractivity contribution in [3.63, 3.8) is 0 Å². The van der Waals surface area contributed by atoms with Gasteiger partial charge in [0.2, 0.25) is 0 Å². The lowest BCUT2D eigenvalue weighted by Gasteiger charge is -2.17. The van der Waals surface area contributed by atoms with Crippen molar-refractivity contribution in [1.29, 1.82) is 0 Å². The fourth-order valence-corrected chi connectivity index (χ4v) is 1.93. The van der Waals surface area contributed by atoms with E-state index in [1.165, 1.54) is 0 Å². The molecule has 4 heteroatoms. The van der Waals surface area contributed by atoms with Gasteiger partial charge in [0.05, 0.1) is 11.8 Å². The van der Waals surface area contributed by atoms with E-state index in [4.69, 9.17) is 4.74 Å². The molecule has 1 aromatic rings. The fraction of sp³-hybridized carbons (Fsp3) is 0.786. The second-order valence-corrected chi connectivity index (χ2v) is 5.19. The average Bonchev–Trinajstić information content (AvgIpc) is 2.82. The minimum absolute atomic E-state index is 0.328. The van der Waals surface area contributed by atoms with Crippen LogP contribution in [0.4, 0.5) is 0 Å². The normalized spacial score (nSPS) is 15.0. The van der Waals surface area contributed by atoms with Crippen molar-refractivity contribution in [3.05, 3.63) is 18.0 Å². The maximum atomic E-state index is 5.28. The van der Waals surface area contributed by atoms with Crippen molar-refractivity contribution in [2.24, 2.45) is 0 Å². The Balaban J connectivity index is 2.46. The lowest BCUT2D eigenvalue weighted by atomic mass is 10.0. The molecule has 1 rings (SSSR count). The lowest BCUT2D eigenvalue weighted by molar-refractivity contribution is 0.106. The third kappa shape index (κ3) is 4.78. The molecule has 4 nitrogen and oxygen atoms in total. The van der Waals surface area contributed by atoms with Gasteiger partial charge in [0.1, 0.15) is 0 Å². The summed E-state index contributed by atoms with van der Waals surface area (Å²) in [5, 5.41) is 7.95. The molecule has 2 atom stereocenters. The van der Waals surface area contributed by atoms with Crippen LogP contribution in [0.1, 0.15) is 45.3 Å². The van der Waals surface area contributed by atoms with E-state index in [0.717, 1.165) is 25.0 Å². The average molecular weight is 253 g/mol. The molecular weight excluding hydrogens is 226 g/mol. The van der Waals surface area contributed by atoms with Crippen LogP contribution in [0.5, 0.6) is 0 Å². The number of likely N-dealkylation sites (N-methyl/N-ethyl adjacent to an activating group) is 1. The fourth-order valence-electron chi connectivity index (χ4n) is 1.93. The first kappa shape index (κ1) is 15.2. The molecule has 0 aliphatic rings. The van der Waals surface area contributed by atoms with Crippen LogP contribution in [0.15, 0.2) is 12.3 Å². The second kappa shape index (κ2) is 7.54. The van der Waals surface area contributed by atoms with E-state index >= 15 is 0 Å². The van der Waals surface area contributed by atoms with Crippen molar-refractivity contribution in [2.75, 3.05) is 14.2 Å². The minimum Gasteiger partial charge on any atom is -0.382 e. The highest BCUT2D eigenvalue weighted by atomic mass is 16.5. The van der Waals surface area contributed by atoms with Crippen LogP contribution in [0.3, 0.4) is 0 Å². The zero-order chi connectivity index (χ0) is 13.5. The van der Waals surface area contributed by atoms with Crippen molar-refractivity contribution >= 4 is 0 Å². The minimum atomic E-state index is 0.328. The van der Waals surface area contributed by atoms with Crippen LogP contribution >= 0.6 is 0 Å². The van der Waals surface area contributed by atoms with E-state index in [1.807, 2.05) is 11.7 Å². The molecule has 18 heavy (non-hydrogen) atoms. The third-order valence-electron chi connectivity index (χ3n) is 3.38. The highest BCUT2D eigenvalue weighted by molar-refractivity contribution is 5.02. The summed E-state index contributed by atoms with van der Waals surface area (Å²) < 4.78 is 7.30. The zero-order valence-corrected chi connectivity index (χ0v) is 12.3. The third-order valence-corrected chi connectivity index (χ3v) is 3.38. The number of methoxy groups -OCH3 is 1. The van der Waals surface area contributed by atoms with Gasteiger partial charge in [-0.05, 0) is 46.7 Å². The summed E-state index contributed by atoms with van der Waals surface area (Å²) >= 11 is 0. The van der Waals surface area contributed by atoms with E-state index < -0.39 is 0 Å². The van der Waals surface area contributed by atoms with E-state index in [2.05, 4.69) is 43.4 Å². The van der Waals surface area contributed by atoms with Crippen molar-refractivity contribution in [3.8, 4) is 0 Å². The molecule has 0 aromatic carbocycles. The molecule has 1 heterocycles. The van der Waals surface area contributed by atoms with E-state index in [0.29, 0.717) is 18.2 Å². The van der Waals surface area contributed by atoms with Crippen molar-refractivity contribution in [2.45, 2.75) is 58.2 Å². The van der Waals surface area contributed by atoms with Gasteiger partial charge >= 0.3 is 0 Å². The Morgan fingerprint density at radius 2 is 2.06 bits per heavy atom. The molecule has 1 N–H and O–H groups in total. The number of aromatic nitrogens is 2. The molecule has 1 aromatic heterocycles. The monoisotopic (exact) mass is 253 g/mol. The lowest BCUT2D eigenvalue weighted by Crippen LogP contribution is -2.29. The molecule has 0 spiro atoms. The van der Waals surface area contributed by atoms with Gasteiger partial charge < -0.3 is 10.1 Å². The van der Waals surface area contributed by atoms with Gasteiger partial charge in [-0.3, -0.25) is 4.68 Å². The van der Waals surface area contributed by atoms with Crippen LogP contribution in [0.2, 0.25) is 0 Å². The summed E-state index contributed by atoms with van der Waals surface area (Å²) in [5.41, 5.74) is 1.16. The van der Waals surface area contributed by atoms with Gasteiger partial charge in [-0.25, -0.2) is 0 Å². The van der Waals surface area contributed by atoms with Gasteiger partial charge in [0.15, 0.2) is 0 Å². The van der Waals surface area contributed by atoms with Crippen LogP contribution in [0, 0.1) is 0 Å². The summed E-state index contributed by atoms with van der Waals surface area (Å²) in [6.45, 7) is 6.40. The first-order valence-electron chi connectivity index (χ1n) is 6.80. The molecule has 0 aliphatic carbocycles. The van der Waals surface area contributed by atoms with Gasteiger partial charge in [-0.2, -0.15) is 5.10 Å². The van der Waals surface area contributed by atoms with Crippen LogP contribution in [-0.4, -0.2) is 36.1 Å². The molecule has 0 saturated heterocycles. The van der Waals surface area contributed by atoms with E-state index in [1.54, 1.807) is 7.11 Å². The van der Waals surface area contributed by atoms with Crippen LogP contribution in [0.25, 0.3) is 0 Å². The Morgan fingerprint density at radius 3 is 2.56 bits per heavy atom. The number of hydrogen-bond donors (Lipinski definition) is 1. The molecule has 0 fully saturated rings.